The molecule has 0 saturated carbocycles. The van der Waals surface area contributed by atoms with Gasteiger partial charge in [-0.1, -0.05) is 23.2 Å². The molecule has 1 amide bonds. The van der Waals surface area contributed by atoms with Gasteiger partial charge in [-0.05, 0) is 44.0 Å². The molecule has 2 N–H and O–H groups in total. The molecule has 5 heteroatoms. The third-order valence-electron chi connectivity index (χ3n) is 3.11. The van der Waals surface area contributed by atoms with E-state index in [1.54, 1.807) is 18.2 Å². The third-order valence-corrected chi connectivity index (χ3v) is 3.68. The summed E-state index contributed by atoms with van der Waals surface area (Å²) < 4.78 is 0. The lowest BCUT2D eigenvalue weighted by Gasteiger charge is -2.11. The number of benzene rings is 1. The summed E-state index contributed by atoms with van der Waals surface area (Å²) >= 11 is 11.8. The Kier molecular flexibility index (Phi) is 4.87. The van der Waals surface area contributed by atoms with Crippen molar-refractivity contribution in [1.29, 1.82) is 0 Å². The van der Waals surface area contributed by atoms with Gasteiger partial charge in [0.1, 0.15) is 0 Å². The molecule has 0 radical (unpaired) electrons. The van der Waals surface area contributed by atoms with E-state index in [2.05, 4.69) is 10.6 Å². The summed E-state index contributed by atoms with van der Waals surface area (Å²) in [5.74, 6) is -0.166. The SMILES string of the molecule is O=C(NCCC1CCCN1)c1cc(Cl)ccc1Cl. The Morgan fingerprint density at radius 1 is 1.44 bits per heavy atom. The number of hydrogen-bond acceptors (Lipinski definition) is 2. The molecule has 0 bridgehead atoms. The number of hydrogen-bond donors (Lipinski definition) is 2. The van der Waals surface area contributed by atoms with Crippen LogP contribution in [-0.2, 0) is 0 Å². The molecule has 1 atom stereocenters. The van der Waals surface area contributed by atoms with Crippen LogP contribution in [0.5, 0.6) is 0 Å². The molecule has 0 aliphatic carbocycles. The van der Waals surface area contributed by atoms with Gasteiger partial charge in [0.05, 0.1) is 10.6 Å². The predicted molar refractivity (Wildman–Crippen MR) is 74.4 cm³/mol. The topological polar surface area (TPSA) is 41.1 Å². The highest BCUT2D eigenvalue weighted by atomic mass is 35.5. The van der Waals surface area contributed by atoms with Crippen LogP contribution in [0.15, 0.2) is 18.2 Å². The maximum absolute atomic E-state index is 11.9. The smallest absolute Gasteiger partial charge is 0.252 e. The molecule has 98 valence electrons. The van der Waals surface area contributed by atoms with E-state index in [0.29, 0.717) is 28.2 Å². The lowest BCUT2D eigenvalue weighted by Crippen LogP contribution is -2.30. The summed E-state index contributed by atoms with van der Waals surface area (Å²) in [6.07, 6.45) is 3.36. The van der Waals surface area contributed by atoms with E-state index in [1.807, 2.05) is 0 Å². The summed E-state index contributed by atoms with van der Waals surface area (Å²) in [7, 11) is 0. The van der Waals surface area contributed by atoms with Crippen LogP contribution in [-0.4, -0.2) is 25.0 Å². The van der Waals surface area contributed by atoms with Crippen LogP contribution < -0.4 is 10.6 Å². The molecular formula is C13H16Cl2N2O. The highest BCUT2D eigenvalue weighted by molar-refractivity contribution is 6.35. The number of halogens is 2. The molecule has 0 aromatic heterocycles. The Morgan fingerprint density at radius 2 is 2.28 bits per heavy atom. The highest BCUT2D eigenvalue weighted by Crippen LogP contribution is 2.20. The number of amides is 1. The molecule has 18 heavy (non-hydrogen) atoms. The number of carbonyl (C=O) groups excluding carboxylic acids is 1. The van der Waals surface area contributed by atoms with Gasteiger partial charge in [-0.3, -0.25) is 4.79 Å². The first-order chi connectivity index (χ1) is 8.66. The summed E-state index contributed by atoms with van der Waals surface area (Å²) in [5, 5.41) is 7.21. The summed E-state index contributed by atoms with van der Waals surface area (Å²) in [6, 6.07) is 5.42. The van der Waals surface area contributed by atoms with Crippen molar-refractivity contribution in [3.63, 3.8) is 0 Å². The van der Waals surface area contributed by atoms with E-state index in [0.717, 1.165) is 13.0 Å². The maximum atomic E-state index is 11.9. The summed E-state index contributed by atoms with van der Waals surface area (Å²) in [6.45, 7) is 1.73. The summed E-state index contributed by atoms with van der Waals surface area (Å²) in [5.41, 5.74) is 0.434. The van der Waals surface area contributed by atoms with Crippen molar-refractivity contribution in [3.8, 4) is 0 Å². The predicted octanol–water partition coefficient (Wildman–Crippen LogP) is 2.87. The fourth-order valence-electron chi connectivity index (χ4n) is 2.13. The average Bonchev–Trinajstić information content (AvgIpc) is 2.85. The second-order valence-corrected chi connectivity index (χ2v) is 5.31. The minimum atomic E-state index is -0.166. The molecule has 1 aliphatic rings. The van der Waals surface area contributed by atoms with E-state index >= 15 is 0 Å². The Balaban J connectivity index is 1.85. The molecule has 1 aliphatic heterocycles. The molecule has 0 spiro atoms. The van der Waals surface area contributed by atoms with Crippen molar-refractivity contribution >= 4 is 29.1 Å². The molecule has 1 aromatic carbocycles. The van der Waals surface area contributed by atoms with Crippen LogP contribution >= 0.6 is 23.2 Å². The Hall–Kier alpha value is -0.770. The average molecular weight is 287 g/mol. The van der Waals surface area contributed by atoms with Crippen LogP contribution in [0.25, 0.3) is 0 Å². The highest BCUT2D eigenvalue weighted by Gasteiger charge is 2.15. The Labute approximate surface area is 117 Å². The molecule has 1 aromatic rings. The van der Waals surface area contributed by atoms with Gasteiger partial charge in [0.15, 0.2) is 0 Å². The second kappa shape index (κ2) is 6.41. The summed E-state index contributed by atoms with van der Waals surface area (Å²) in [4.78, 5) is 11.9. The first-order valence-corrected chi connectivity index (χ1v) is 6.89. The van der Waals surface area contributed by atoms with E-state index in [-0.39, 0.29) is 5.91 Å². The third kappa shape index (κ3) is 3.61. The van der Waals surface area contributed by atoms with Crippen LogP contribution in [0.4, 0.5) is 0 Å². The molecule has 2 rings (SSSR count). The van der Waals surface area contributed by atoms with Gasteiger partial charge >= 0.3 is 0 Å². The Bertz CT molecular complexity index is 431. The van der Waals surface area contributed by atoms with Crippen LogP contribution in [0.2, 0.25) is 10.0 Å². The van der Waals surface area contributed by atoms with Gasteiger partial charge in [-0.15, -0.1) is 0 Å². The molecule has 1 saturated heterocycles. The fraction of sp³-hybridized carbons (Fsp3) is 0.462. The number of rotatable bonds is 4. The monoisotopic (exact) mass is 286 g/mol. The zero-order valence-electron chi connectivity index (χ0n) is 10.0. The molecule has 1 heterocycles. The number of nitrogens with one attached hydrogen (secondary N) is 2. The lowest BCUT2D eigenvalue weighted by molar-refractivity contribution is 0.0952. The van der Waals surface area contributed by atoms with Gasteiger partial charge < -0.3 is 10.6 Å². The molecule has 1 unspecified atom stereocenters. The van der Waals surface area contributed by atoms with Crippen LogP contribution in [0, 0.1) is 0 Å². The minimum Gasteiger partial charge on any atom is -0.352 e. The van der Waals surface area contributed by atoms with E-state index in [4.69, 9.17) is 23.2 Å². The molecule has 3 nitrogen and oxygen atoms in total. The van der Waals surface area contributed by atoms with E-state index in [9.17, 15) is 4.79 Å². The van der Waals surface area contributed by atoms with Crippen molar-refractivity contribution in [1.82, 2.24) is 10.6 Å². The van der Waals surface area contributed by atoms with Crippen molar-refractivity contribution in [3.05, 3.63) is 33.8 Å². The molecule has 1 fully saturated rings. The maximum Gasteiger partial charge on any atom is 0.252 e. The minimum absolute atomic E-state index is 0.166. The Morgan fingerprint density at radius 3 is 3.00 bits per heavy atom. The van der Waals surface area contributed by atoms with Gasteiger partial charge in [0.2, 0.25) is 0 Å². The van der Waals surface area contributed by atoms with Gasteiger partial charge in [0.25, 0.3) is 5.91 Å². The van der Waals surface area contributed by atoms with Crippen molar-refractivity contribution in [2.75, 3.05) is 13.1 Å². The zero-order valence-corrected chi connectivity index (χ0v) is 11.5. The first-order valence-electron chi connectivity index (χ1n) is 6.13. The van der Waals surface area contributed by atoms with Crippen molar-refractivity contribution in [2.45, 2.75) is 25.3 Å². The first kappa shape index (κ1) is 13.7. The normalized spacial score (nSPS) is 18.9. The van der Waals surface area contributed by atoms with Gasteiger partial charge in [-0.2, -0.15) is 0 Å². The molecular weight excluding hydrogens is 271 g/mol. The van der Waals surface area contributed by atoms with Crippen molar-refractivity contribution < 1.29 is 4.79 Å². The standard InChI is InChI=1S/C13H16Cl2N2O/c14-9-3-4-12(15)11(8-9)13(18)17-7-5-10-2-1-6-16-10/h3-4,8,10,16H,1-2,5-7H2,(H,17,18). The number of carbonyl (C=O) groups is 1. The lowest BCUT2D eigenvalue weighted by atomic mass is 10.1. The largest absolute Gasteiger partial charge is 0.352 e. The van der Waals surface area contributed by atoms with Gasteiger partial charge in [-0.25, -0.2) is 0 Å². The van der Waals surface area contributed by atoms with Gasteiger partial charge in [0, 0.05) is 17.6 Å². The zero-order chi connectivity index (χ0) is 13.0. The van der Waals surface area contributed by atoms with Crippen LogP contribution in [0.3, 0.4) is 0 Å². The quantitative estimate of drug-likeness (QED) is 0.894. The van der Waals surface area contributed by atoms with Crippen molar-refractivity contribution in [2.24, 2.45) is 0 Å². The van der Waals surface area contributed by atoms with E-state index < -0.39 is 0 Å². The van der Waals surface area contributed by atoms with E-state index in [1.165, 1.54) is 12.8 Å². The van der Waals surface area contributed by atoms with Crippen LogP contribution in [0.1, 0.15) is 29.6 Å². The fourth-order valence-corrected chi connectivity index (χ4v) is 2.51. The second-order valence-electron chi connectivity index (χ2n) is 4.46.